The Morgan fingerprint density at radius 2 is 1.92 bits per heavy atom. The van der Waals surface area contributed by atoms with Crippen molar-refractivity contribution >= 4 is 21.9 Å². The first kappa shape index (κ1) is 21.1. The first-order valence-electron chi connectivity index (χ1n) is 9.37. The highest BCUT2D eigenvalue weighted by atomic mass is 79.9. The molecule has 0 amide bonds. The second-order valence-electron chi connectivity index (χ2n) is 6.43. The number of benzene rings is 1. The maximum atomic E-state index is 13.8. The number of nitrogens with one attached hydrogen (secondary N) is 2. The molecule has 0 radical (unpaired) electrons. The van der Waals surface area contributed by atoms with E-state index in [1.807, 2.05) is 12.1 Å². The van der Waals surface area contributed by atoms with E-state index in [0.717, 1.165) is 74.8 Å². The summed E-state index contributed by atoms with van der Waals surface area (Å²) in [5, 5.41) is 6.63. The number of halogens is 2. The third-order valence-electron chi connectivity index (χ3n) is 4.45. The van der Waals surface area contributed by atoms with Crippen LogP contribution in [0.25, 0.3) is 0 Å². The monoisotopic (exact) mass is 428 g/mol. The van der Waals surface area contributed by atoms with Gasteiger partial charge in [0.2, 0.25) is 0 Å². The van der Waals surface area contributed by atoms with Gasteiger partial charge in [0.05, 0.1) is 13.2 Å². The zero-order chi connectivity index (χ0) is 18.6. The molecular formula is C19H30BrFN4O. The zero-order valence-electron chi connectivity index (χ0n) is 15.6. The molecule has 1 aromatic rings. The summed E-state index contributed by atoms with van der Waals surface area (Å²) in [6, 6.07) is 5.23. The van der Waals surface area contributed by atoms with Gasteiger partial charge in [0, 0.05) is 37.7 Å². The Morgan fingerprint density at radius 1 is 1.19 bits per heavy atom. The molecule has 1 aliphatic heterocycles. The van der Waals surface area contributed by atoms with Crippen LogP contribution in [-0.2, 0) is 11.2 Å². The smallest absolute Gasteiger partial charge is 0.190 e. The summed E-state index contributed by atoms with van der Waals surface area (Å²) >= 11 is 3.28. The summed E-state index contributed by atoms with van der Waals surface area (Å²) in [4.78, 5) is 6.69. The molecule has 2 N–H and O–H groups in total. The fourth-order valence-corrected chi connectivity index (χ4v) is 3.26. The molecule has 1 fully saturated rings. The van der Waals surface area contributed by atoms with Gasteiger partial charge < -0.3 is 15.4 Å². The van der Waals surface area contributed by atoms with Crippen molar-refractivity contribution in [1.29, 1.82) is 0 Å². The second kappa shape index (κ2) is 12.3. The Morgan fingerprint density at radius 3 is 2.62 bits per heavy atom. The molecule has 7 heteroatoms. The minimum absolute atomic E-state index is 0.151. The molecule has 146 valence electrons. The summed E-state index contributed by atoms with van der Waals surface area (Å²) < 4.78 is 19.9. The Kier molecular flexibility index (Phi) is 9.95. The number of nitrogens with zero attached hydrogens (tertiary/aromatic N) is 2. The van der Waals surface area contributed by atoms with Crippen LogP contribution in [0.3, 0.4) is 0 Å². The van der Waals surface area contributed by atoms with E-state index in [2.05, 4.69) is 36.5 Å². The summed E-state index contributed by atoms with van der Waals surface area (Å²) in [7, 11) is 1.78. The molecular weight excluding hydrogens is 399 g/mol. The average molecular weight is 429 g/mol. The fourth-order valence-electron chi connectivity index (χ4n) is 2.92. The van der Waals surface area contributed by atoms with Crippen molar-refractivity contribution in [2.24, 2.45) is 4.99 Å². The maximum absolute atomic E-state index is 13.8. The van der Waals surface area contributed by atoms with Crippen LogP contribution in [0.15, 0.2) is 27.7 Å². The van der Waals surface area contributed by atoms with Crippen LogP contribution in [0.1, 0.15) is 24.8 Å². The van der Waals surface area contributed by atoms with Crippen LogP contribution in [-0.4, -0.2) is 63.8 Å². The molecule has 0 atom stereocenters. The highest BCUT2D eigenvalue weighted by Crippen LogP contribution is 2.16. The van der Waals surface area contributed by atoms with E-state index in [1.54, 1.807) is 7.05 Å². The highest BCUT2D eigenvalue weighted by Gasteiger charge is 2.09. The van der Waals surface area contributed by atoms with Crippen molar-refractivity contribution in [2.75, 3.05) is 53.0 Å². The fraction of sp³-hybridized carbons (Fsp3) is 0.632. The van der Waals surface area contributed by atoms with Crippen LogP contribution >= 0.6 is 15.9 Å². The summed E-state index contributed by atoms with van der Waals surface area (Å²) in [5.41, 5.74) is 0.751. The second-order valence-corrected chi connectivity index (χ2v) is 7.34. The van der Waals surface area contributed by atoms with E-state index < -0.39 is 0 Å². The topological polar surface area (TPSA) is 48.9 Å². The number of rotatable bonds is 9. The third kappa shape index (κ3) is 8.01. The number of aliphatic imine (C=N–C) groups is 1. The van der Waals surface area contributed by atoms with Gasteiger partial charge in [0.1, 0.15) is 5.82 Å². The Hall–Kier alpha value is -1.18. The lowest BCUT2D eigenvalue weighted by Gasteiger charge is -2.26. The number of unbranched alkanes of at least 4 members (excludes halogenated alkanes) is 1. The van der Waals surface area contributed by atoms with E-state index in [4.69, 9.17) is 4.74 Å². The van der Waals surface area contributed by atoms with Gasteiger partial charge in [0.25, 0.3) is 0 Å². The lowest BCUT2D eigenvalue weighted by molar-refractivity contribution is 0.0372. The minimum Gasteiger partial charge on any atom is -0.379 e. The van der Waals surface area contributed by atoms with E-state index in [1.165, 1.54) is 12.5 Å². The standard InChI is InChI=1S/C19H30BrFN4O/c1-22-19(23-8-2-3-10-25-11-13-26-14-12-25)24-9-4-5-16-6-7-17(20)15-18(16)21/h6-7,15H,2-5,8-14H2,1H3,(H2,22,23,24). The van der Waals surface area contributed by atoms with E-state index in [9.17, 15) is 4.39 Å². The van der Waals surface area contributed by atoms with Crippen LogP contribution in [0, 0.1) is 5.82 Å². The van der Waals surface area contributed by atoms with Crippen molar-refractivity contribution < 1.29 is 9.13 Å². The number of guanidine groups is 1. The van der Waals surface area contributed by atoms with Crippen molar-refractivity contribution in [2.45, 2.75) is 25.7 Å². The molecule has 0 spiro atoms. The number of aryl methyl sites for hydroxylation is 1. The van der Waals surface area contributed by atoms with Crippen LogP contribution in [0.4, 0.5) is 4.39 Å². The first-order valence-corrected chi connectivity index (χ1v) is 10.2. The predicted molar refractivity (Wildman–Crippen MR) is 108 cm³/mol. The molecule has 1 aromatic carbocycles. The number of hydrogen-bond acceptors (Lipinski definition) is 3. The quantitative estimate of drug-likeness (QED) is 0.360. The lowest BCUT2D eigenvalue weighted by Crippen LogP contribution is -2.39. The van der Waals surface area contributed by atoms with Crippen molar-refractivity contribution in [1.82, 2.24) is 15.5 Å². The van der Waals surface area contributed by atoms with Gasteiger partial charge in [0.15, 0.2) is 5.96 Å². The van der Waals surface area contributed by atoms with Gasteiger partial charge >= 0.3 is 0 Å². The van der Waals surface area contributed by atoms with E-state index in [-0.39, 0.29) is 5.82 Å². The largest absolute Gasteiger partial charge is 0.379 e. The first-order chi connectivity index (χ1) is 12.7. The van der Waals surface area contributed by atoms with Crippen molar-refractivity contribution in [3.05, 3.63) is 34.1 Å². The molecule has 0 aromatic heterocycles. The van der Waals surface area contributed by atoms with E-state index >= 15 is 0 Å². The van der Waals surface area contributed by atoms with Crippen molar-refractivity contribution in [3.8, 4) is 0 Å². The normalized spacial score (nSPS) is 15.9. The zero-order valence-corrected chi connectivity index (χ0v) is 17.2. The van der Waals surface area contributed by atoms with Crippen LogP contribution < -0.4 is 10.6 Å². The number of hydrogen-bond donors (Lipinski definition) is 2. The minimum atomic E-state index is -0.151. The molecule has 1 aliphatic rings. The average Bonchev–Trinajstić information content (AvgIpc) is 2.65. The maximum Gasteiger partial charge on any atom is 0.190 e. The van der Waals surface area contributed by atoms with Gasteiger partial charge in [-0.25, -0.2) is 4.39 Å². The predicted octanol–water partition coefficient (Wildman–Crippen LogP) is 2.80. The molecule has 0 bridgehead atoms. The van der Waals surface area contributed by atoms with Crippen LogP contribution in [0.5, 0.6) is 0 Å². The molecule has 0 aliphatic carbocycles. The SMILES string of the molecule is CN=C(NCCCCN1CCOCC1)NCCCc1ccc(Br)cc1F. The number of morpholine rings is 1. The molecule has 5 nitrogen and oxygen atoms in total. The van der Waals surface area contributed by atoms with Gasteiger partial charge in [-0.1, -0.05) is 22.0 Å². The molecule has 2 rings (SSSR count). The lowest BCUT2D eigenvalue weighted by atomic mass is 10.1. The Bertz CT molecular complexity index is 564. The summed E-state index contributed by atoms with van der Waals surface area (Å²) in [6.07, 6.45) is 3.86. The Balaban J connectivity index is 1.53. The third-order valence-corrected chi connectivity index (χ3v) is 4.94. The molecule has 26 heavy (non-hydrogen) atoms. The van der Waals surface area contributed by atoms with Crippen molar-refractivity contribution in [3.63, 3.8) is 0 Å². The molecule has 0 saturated carbocycles. The van der Waals surface area contributed by atoms with Gasteiger partial charge in [-0.15, -0.1) is 0 Å². The molecule has 1 heterocycles. The van der Waals surface area contributed by atoms with Gasteiger partial charge in [-0.3, -0.25) is 9.89 Å². The molecule has 0 unspecified atom stereocenters. The summed E-state index contributed by atoms with van der Waals surface area (Å²) in [6.45, 7) is 6.63. The van der Waals surface area contributed by atoms with Gasteiger partial charge in [-0.05, 0) is 49.9 Å². The summed E-state index contributed by atoms with van der Waals surface area (Å²) in [5.74, 6) is 0.662. The van der Waals surface area contributed by atoms with Crippen LogP contribution in [0.2, 0.25) is 0 Å². The molecule has 1 saturated heterocycles. The number of ether oxygens (including phenoxy) is 1. The Labute approximate surface area is 164 Å². The van der Waals surface area contributed by atoms with E-state index in [0.29, 0.717) is 6.42 Å². The van der Waals surface area contributed by atoms with Gasteiger partial charge in [-0.2, -0.15) is 0 Å². The highest BCUT2D eigenvalue weighted by molar-refractivity contribution is 9.10.